The zero-order valence-electron chi connectivity index (χ0n) is 20.7. The number of alkyl halides is 2. The molecule has 4 aromatic rings. The highest BCUT2D eigenvalue weighted by atomic mass is 19.3. The zero-order valence-corrected chi connectivity index (χ0v) is 20.7. The number of benzene rings is 3. The maximum atomic E-state index is 14.3. The van der Waals surface area contributed by atoms with Crippen molar-refractivity contribution in [2.24, 2.45) is 0 Å². The molecule has 0 saturated heterocycles. The second-order valence-corrected chi connectivity index (χ2v) is 9.04. The van der Waals surface area contributed by atoms with Crippen LogP contribution in [0.2, 0.25) is 0 Å². The van der Waals surface area contributed by atoms with Gasteiger partial charge in [0.25, 0.3) is 6.43 Å². The first kappa shape index (κ1) is 26.1. The molecule has 0 fully saturated rings. The highest BCUT2D eigenvalue weighted by Gasteiger charge is 2.26. The van der Waals surface area contributed by atoms with Gasteiger partial charge in [0.15, 0.2) is 0 Å². The van der Waals surface area contributed by atoms with Gasteiger partial charge in [-0.25, -0.2) is 18.4 Å². The highest BCUT2D eigenvalue weighted by molar-refractivity contribution is 5.95. The number of rotatable bonds is 11. The molecule has 0 aliphatic rings. The van der Waals surface area contributed by atoms with Crippen LogP contribution in [0, 0.1) is 0 Å². The Hall–Kier alpha value is -4.00. The predicted octanol–water partition coefficient (Wildman–Crippen LogP) is 6.59. The minimum absolute atomic E-state index is 0.163. The molecule has 0 aliphatic heterocycles. The molecule has 0 bridgehead atoms. The average molecular weight is 505 g/mol. The molecule has 0 saturated carbocycles. The number of imidazole rings is 1. The molecule has 3 aromatic carbocycles. The summed E-state index contributed by atoms with van der Waals surface area (Å²) in [5.41, 5.74) is 3.04. The van der Waals surface area contributed by atoms with Crippen molar-refractivity contribution in [2.75, 3.05) is 0 Å². The van der Waals surface area contributed by atoms with E-state index in [2.05, 4.69) is 0 Å². The van der Waals surface area contributed by atoms with E-state index in [1.54, 1.807) is 36.4 Å². The van der Waals surface area contributed by atoms with Crippen molar-refractivity contribution in [2.45, 2.75) is 52.1 Å². The van der Waals surface area contributed by atoms with Crippen LogP contribution in [0.25, 0.3) is 11.1 Å². The summed E-state index contributed by atoms with van der Waals surface area (Å²) in [6.07, 6.45) is -0.355. The van der Waals surface area contributed by atoms with E-state index in [0.717, 1.165) is 23.1 Å². The number of unbranched alkanes of at least 4 members (excludes halogenated alkanes) is 1. The Morgan fingerprint density at radius 1 is 0.865 bits per heavy atom. The van der Waals surface area contributed by atoms with Gasteiger partial charge in [-0.1, -0.05) is 86.1 Å². The van der Waals surface area contributed by atoms with Crippen LogP contribution >= 0.6 is 0 Å². The Labute approximate surface area is 214 Å². The Balaban J connectivity index is 1.68. The number of carbonyl (C=O) groups is 1. The van der Waals surface area contributed by atoms with Gasteiger partial charge in [-0.05, 0) is 47.6 Å². The molecule has 0 unspecified atom stereocenters. The fourth-order valence-corrected chi connectivity index (χ4v) is 4.67. The van der Waals surface area contributed by atoms with E-state index in [-0.39, 0.29) is 24.3 Å². The van der Waals surface area contributed by atoms with Crippen molar-refractivity contribution in [3.63, 3.8) is 0 Å². The molecule has 0 atom stereocenters. The maximum Gasteiger partial charge on any atom is 0.336 e. The van der Waals surface area contributed by atoms with Crippen LogP contribution < -0.4 is 5.69 Å². The molecule has 0 radical (unpaired) electrons. The van der Waals surface area contributed by atoms with Crippen LogP contribution in [-0.2, 0) is 25.9 Å². The van der Waals surface area contributed by atoms with E-state index >= 15 is 0 Å². The van der Waals surface area contributed by atoms with Gasteiger partial charge < -0.3 is 5.11 Å². The van der Waals surface area contributed by atoms with E-state index in [9.17, 15) is 23.5 Å². The molecular weight excluding hydrogens is 474 g/mol. The van der Waals surface area contributed by atoms with E-state index in [1.165, 1.54) is 9.13 Å². The van der Waals surface area contributed by atoms with Crippen molar-refractivity contribution < 1.29 is 18.7 Å². The molecule has 1 N–H and O–H groups in total. The first-order valence-electron chi connectivity index (χ1n) is 12.5. The van der Waals surface area contributed by atoms with Crippen molar-refractivity contribution >= 4 is 5.97 Å². The number of hydrogen-bond acceptors (Lipinski definition) is 2. The molecule has 5 nitrogen and oxygen atoms in total. The van der Waals surface area contributed by atoms with Crippen molar-refractivity contribution in [3.8, 4) is 11.1 Å². The first-order valence-corrected chi connectivity index (χ1v) is 12.5. The molecule has 1 heterocycles. The van der Waals surface area contributed by atoms with Crippen LogP contribution in [0.3, 0.4) is 0 Å². The molecule has 0 amide bonds. The minimum atomic E-state index is -2.76. The molecule has 37 heavy (non-hydrogen) atoms. The Morgan fingerprint density at radius 3 is 2.19 bits per heavy atom. The fraction of sp³-hybridized carbons (Fsp3) is 0.267. The second kappa shape index (κ2) is 11.8. The summed E-state index contributed by atoms with van der Waals surface area (Å²) in [5.74, 6) is -1.01. The average Bonchev–Trinajstić information content (AvgIpc) is 3.17. The summed E-state index contributed by atoms with van der Waals surface area (Å²) in [6, 6.07) is 23.5. The number of nitrogens with zero attached hydrogens (tertiary/aromatic N) is 2. The lowest BCUT2D eigenvalue weighted by Gasteiger charge is -2.11. The van der Waals surface area contributed by atoms with Gasteiger partial charge in [0.05, 0.1) is 12.1 Å². The largest absolute Gasteiger partial charge is 0.478 e. The Bertz CT molecular complexity index is 1410. The van der Waals surface area contributed by atoms with Crippen LogP contribution in [0.4, 0.5) is 8.78 Å². The monoisotopic (exact) mass is 504 g/mol. The lowest BCUT2D eigenvalue weighted by atomic mass is 9.99. The summed E-state index contributed by atoms with van der Waals surface area (Å²) in [6.45, 7) is 2.33. The zero-order chi connectivity index (χ0) is 26.4. The van der Waals surface area contributed by atoms with Crippen LogP contribution in [0.5, 0.6) is 0 Å². The first-order chi connectivity index (χ1) is 17.9. The third kappa shape index (κ3) is 5.88. The molecule has 4 rings (SSSR count). The van der Waals surface area contributed by atoms with E-state index in [0.29, 0.717) is 30.5 Å². The predicted molar refractivity (Wildman–Crippen MR) is 140 cm³/mol. The van der Waals surface area contributed by atoms with Gasteiger partial charge >= 0.3 is 11.7 Å². The van der Waals surface area contributed by atoms with Gasteiger partial charge in [0, 0.05) is 12.2 Å². The molecule has 7 heteroatoms. The van der Waals surface area contributed by atoms with E-state index in [1.807, 2.05) is 49.4 Å². The standard InChI is InChI=1S/C30H30F2N2O3/c1-2-3-13-26-27(28(31)32)33(19-18-21-9-5-4-6-10-21)30(37)34(26)20-22-14-16-23(17-15-22)24-11-7-8-12-25(24)29(35)36/h4-12,14-17,28H,2-3,13,18-20H2,1H3,(H,35,36). The second-order valence-electron chi connectivity index (χ2n) is 9.04. The molecule has 192 valence electrons. The van der Waals surface area contributed by atoms with Gasteiger partial charge in [-0.2, -0.15) is 0 Å². The normalized spacial score (nSPS) is 11.2. The third-order valence-corrected chi connectivity index (χ3v) is 6.58. The summed E-state index contributed by atoms with van der Waals surface area (Å²) in [4.78, 5) is 25.0. The molecule has 0 aliphatic carbocycles. The van der Waals surface area contributed by atoms with Crippen LogP contribution in [0.1, 0.15) is 59.1 Å². The van der Waals surface area contributed by atoms with Crippen LogP contribution in [-0.4, -0.2) is 20.2 Å². The third-order valence-electron chi connectivity index (χ3n) is 6.58. The summed E-state index contributed by atoms with van der Waals surface area (Å²) in [7, 11) is 0. The fourth-order valence-electron chi connectivity index (χ4n) is 4.67. The quantitative estimate of drug-likeness (QED) is 0.251. The number of aryl methyl sites for hydroxylation is 1. The van der Waals surface area contributed by atoms with Gasteiger partial charge in [0.1, 0.15) is 5.69 Å². The van der Waals surface area contributed by atoms with Crippen molar-refractivity contribution in [3.05, 3.63) is 117 Å². The van der Waals surface area contributed by atoms with Gasteiger partial charge in [0.2, 0.25) is 0 Å². The number of aromatic nitrogens is 2. The van der Waals surface area contributed by atoms with Gasteiger partial charge in [-0.15, -0.1) is 0 Å². The number of halogens is 2. The summed E-state index contributed by atoms with van der Waals surface area (Å²) < 4.78 is 31.3. The highest BCUT2D eigenvalue weighted by Crippen LogP contribution is 2.27. The van der Waals surface area contributed by atoms with Crippen molar-refractivity contribution in [1.29, 1.82) is 0 Å². The smallest absolute Gasteiger partial charge is 0.336 e. The Morgan fingerprint density at radius 2 is 1.54 bits per heavy atom. The van der Waals surface area contributed by atoms with E-state index in [4.69, 9.17) is 0 Å². The van der Waals surface area contributed by atoms with E-state index < -0.39 is 18.1 Å². The summed E-state index contributed by atoms with van der Waals surface area (Å²) in [5, 5.41) is 9.50. The SMILES string of the molecule is CCCCc1c(C(F)F)n(CCc2ccccc2)c(=O)n1Cc1ccc(-c2ccccc2C(=O)O)cc1. The number of carboxylic acids is 1. The van der Waals surface area contributed by atoms with Crippen LogP contribution in [0.15, 0.2) is 83.7 Å². The Kier molecular flexibility index (Phi) is 8.33. The van der Waals surface area contributed by atoms with Crippen molar-refractivity contribution in [1.82, 2.24) is 9.13 Å². The lowest BCUT2D eigenvalue weighted by Crippen LogP contribution is -2.27. The minimum Gasteiger partial charge on any atom is -0.478 e. The number of aromatic carboxylic acids is 1. The topological polar surface area (TPSA) is 64.2 Å². The number of hydrogen-bond donors (Lipinski definition) is 1. The summed E-state index contributed by atoms with van der Waals surface area (Å²) >= 11 is 0. The molecule has 1 aromatic heterocycles. The number of carboxylic acid groups (broad SMARTS) is 1. The lowest BCUT2D eigenvalue weighted by molar-refractivity contribution is 0.0697. The maximum absolute atomic E-state index is 14.3. The molecule has 0 spiro atoms. The molecular formula is C30H30F2N2O3. The van der Waals surface area contributed by atoms with Gasteiger partial charge in [-0.3, -0.25) is 9.13 Å².